The van der Waals surface area contributed by atoms with Gasteiger partial charge >= 0.3 is 0 Å². The average molecular weight is 338 g/mol. The number of hydrogen-bond acceptors (Lipinski definition) is 3. The third-order valence-corrected chi connectivity index (χ3v) is 6.28. The molecule has 2 aromatic heterocycles. The van der Waals surface area contributed by atoms with Crippen LogP contribution in [0.4, 0.5) is 0 Å². The summed E-state index contributed by atoms with van der Waals surface area (Å²) in [5.74, 6) is 0.469. The predicted molar refractivity (Wildman–Crippen MR) is 100 cm³/mol. The van der Waals surface area contributed by atoms with Crippen LogP contribution in [0.3, 0.4) is 0 Å². The van der Waals surface area contributed by atoms with Gasteiger partial charge in [0.2, 0.25) is 0 Å². The van der Waals surface area contributed by atoms with Crippen molar-refractivity contribution in [2.24, 2.45) is 0 Å². The summed E-state index contributed by atoms with van der Waals surface area (Å²) in [6, 6.07) is 8.50. The van der Waals surface area contributed by atoms with Crippen molar-refractivity contribution in [2.75, 3.05) is 0 Å². The molecule has 0 bridgehead atoms. The lowest BCUT2D eigenvalue weighted by atomic mass is 9.88. The number of hydrogen-bond donors (Lipinski definition) is 0. The van der Waals surface area contributed by atoms with Gasteiger partial charge in [-0.25, -0.2) is 4.98 Å². The molecule has 0 saturated carbocycles. The first-order valence-electron chi connectivity index (χ1n) is 8.76. The van der Waals surface area contributed by atoms with E-state index in [-0.39, 0.29) is 5.56 Å². The van der Waals surface area contributed by atoms with Crippen LogP contribution < -0.4 is 5.56 Å². The van der Waals surface area contributed by atoms with E-state index in [1.165, 1.54) is 28.8 Å². The van der Waals surface area contributed by atoms with Crippen molar-refractivity contribution in [1.82, 2.24) is 9.55 Å². The van der Waals surface area contributed by atoms with Gasteiger partial charge in [-0.2, -0.15) is 0 Å². The summed E-state index contributed by atoms with van der Waals surface area (Å²) in [6.07, 6.45) is 6.24. The smallest absolute Gasteiger partial charge is 0.262 e. The van der Waals surface area contributed by atoms with Crippen LogP contribution in [0.5, 0.6) is 0 Å². The summed E-state index contributed by atoms with van der Waals surface area (Å²) in [4.78, 5) is 19.9. The first kappa shape index (κ1) is 15.6. The third-order valence-electron chi connectivity index (χ3n) is 5.11. The summed E-state index contributed by atoms with van der Waals surface area (Å²) < 4.78 is 1.76. The molecule has 2 heterocycles. The lowest BCUT2D eigenvalue weighted by molar-refractivity contribution is 0.601. The Morgan fingerprint density at radius 3 is 2.75 bits per heavy atom. The van der Waals surface area contributed by atoms with Gasteiger partial charge in [-0.1, -0.05) is 38.1 Å². The summed E-state index contributed by atoms with van der Waals surface area (Å²) in [5, 5.41) is 0.870. The van der Waals surface area contributed by atoms with Gasteiger partial charge < -0.3 is 0 Å². The number of benzene rings is 1. The molecule has 24 heavy (non-hydrogen) atoms. The molecule has 0 fully saturated rings. The topological polar surface area (TPSA) is 34.9 Å². The molecule has 0 amide bonds. The molecule has 1 unspecified atom stereocenters. The monoisotopic (exact) mass is 338 g/mol. The molecule has 3 aromatic rings. The highest BCUT2D eigenvalue weighted by Crippen LogP contribution is 2.39. The highest BCUT2D eigenvalue weighted by Gasteiger charge is 2.24. The second kappa shape index (κ2) is 6.17. The Kier molecular flexibility index (Phi) is 4.01. The van der Waals surface area contributed by atoms with Crippen molar-refractivity contribution >= 4 is 21.6 Å². The van der Waals surface area contributed by atoms with E-state index < -0.39 is 0 Å². The van der Waals surface area contributed by atoms with Gasteiger partial charge in [-0.05, 0) is 48.3 Å². The summed E-state index contributed by atoms with van der Waals surface area (Å²) >= 11 is 1.71. The Morgan fingerprint density at radius 1 is 1.25 bits per heavy atom. The zero-order valence-corrected chi connectivity index (χ0v) is 15.0. The molecule has 0 aliphatic heterocycles. The largest absolute Gasteiger partial charge is 0.294 e. The SMILES string of the molecule is CCc1ccc(Cn2cnc3sc4c(c3c2=O)C(C)CCC4)cc1. The summed E-state index contributed by atoms with van der Waals surface area (Å²) in [7, 11) is 0. The number of thiophene rings is 1. The van der Waals surface area contributed by atoms with E-state index in [4.69, 9.17) is 0 Å². The number of aromatic nitrogens is 2. The van der Waals surface area contributed by atoms with Crippen LogP contribution in [0, 0.1) is 0 Å². The van der Waals surface area contributed by atoms with E-state index in [2.05, 4.69) is 43.1 Å². The molecular formula is C20H22N2OS. The van der Waals surface area contributed by atoms with E-state index in [0.29, 0.717) is 12.5 Å². The molecule has 1 aromatic carbocycles. The van der Waals surface area contributed by atoms with Crippen LogP contribution >= 0.6 is 11.3 Å². The van der Waals surface area contributed by atoms with Crippen LogP contribution in [-0.4, -0.2) is 9.55 Å². The lowest BCUT2D eigenvalue weighted by Crippen LogP contribution is -2.22. The second-order valence-electron chi connectivity index (χ2n) is 6.76. The minimum atomic E-state index is 0.116. The molecule has 1 atom stereocenters. The highest BCUT2D eigenvalue weighted by atomic mass is 32.1. The van der Waals surface area contributed by atoms with E-state index in [9.17, 15) is 4.79 Å². The molecular weight excluding hydrogens is 316 g/mol. The van der Waals surface area contributed by atoms with Gasteiger partial charge in [0.1, 0.15) is 4.83 Å². The first-order chi connectivity index (χ1) is 11.7. The quantitative estimate of drug-likeness (QED) is 0.704. The maximum Gasteiger partial charge on any atom is 0.262 e. The van der Waals surface area contributed by atoms with Gasteiger partial charge in [0.25, 0.3) is 5.56 Å². The molecule has 3 nitrogen and oxygen atoms in total. The van der Waals surface area contributed by atoms with E-state index in [1.807, 2.05) is 0 Å². The minimum absolute atomic E-state index is 0.116. The zero-order valence-electron chi connectivity index (χ0n) is 14.2. The maximum atomic E-state index is 13.1. The van der Waals surface area contributed by atoms with Crippen molar-refractivity contribution < 1.29 is 0 Å². The van der Waals surface area contributed by atoms with Crippen molar-refractivity contribution in [3.8, 4) is 0 Å². The fourth-order valence-corrected chi connectivity index (χ4v) is 5.00. The third kappa shape index (κ3) is 2.59. The Balaban J connectivity index is 1.77. The van der Waals surface area contributed by atoms with Crippen LogP contribution in [0.2, 0.25) is 0 Å². The van der Waals surface area contributed by atoms with Gasteiger partial charge in [0, 0.05) is 4.88 Å². The molecule has 1 aliphatic rings. The first-order valence-corrected chi connectivity index (χ1v) is 9.57. The zero-order chi connectivity index (χ0) is 16.7. The van der Waals surface area contributed by atoms with Crippen molar-refractivity contribution in [1.29, 1.82) is 0 Å². The average Bonchev–Trinajstić information content (AvgIpc) is 2.99. The number of aryl methyl sites for hydroxylation is 2. The molecule has 124 valence electrons. The van der Waals surface area contributed by atoms with Crippen molar-refractivity contribution in [3.05, 3.63) is 62.5 Å². The molecule has 0 radical (unpaired) electrons. The van der Waals surface area contributed by atoms with Crippen molar-refractivity contribution in [3.63, 3.8) is 0 Å². The molecule has 4 rings (SSSR count). The number of rotatable bonds is 3. The predicted octanol–water partition coefficient (Wildman–Crippen LogP) is 4.51. The van der Waals surface area contributed by atoms with E-state index in [1.54, 1.807) is 22.2 Å². The van der Waals surface area contributed by atoms with Crippen LogP contribution in [0.1, 0.15) is 54.2 Å². The van der Waals surface area contributed by atoms with Gasteiger partial charge in [0.05, 0.1) is 18.3 Å². The number of fused-ring (bicyclic) bond motifs is 3. The van der Waals surface area contributed by atoms with Crippen LogP contribution in [0.25, 0.3) is 10.2 Å². The summed E-state index contributed by atoms with van der Waals surface area (Å²) in [6.45, 7) is 4.98. The van der Waals surface area contributed by atoms with Gasteiger partial charge in [0.15, 0.2) is 0 Å². The number of nitrogens with zero attached hydrogens (tertiary/aromatic N) is 2. The maximum absolute atomic E-state index is 13.1. The highest BCUT2D eigenvalue weighted by molar-refractivity contribution is 7.18. The normalized spacial score (nSPS) is 17.2. The van der Waals surface area contributed by atoms with E-state index in [0.717, 1.165) is 28.6 Å². The minimum Gasteiger partial charge on any atom is -0.294 e. The molecule has 4 heteroatoms. The Morgan fingerprint density at radius 2 is 2.00 bits per heavy atom. The Labute approximate surface area is 146 Å². The molecule has 0 spiro atoms. The van der Waals surface area contributed by atoms with E-state index >= 15 is 0 Å². The van der Waals surface area contributed by atoms with Crippen LogP contribution in [0.15, 0.2) is 35.4 Å². The molecule has 0 saturated heterocycles. The van der Waals surface area contributed by atoms with Crippen molar-refractivity contribution in [2.45, 2.75) is 52.0 Å². The van der Waals surface area contributed by atoms with Crippen LogP contribution in [-0.2, 0) is 19.4 Å². The molecule has 1 aliphatic carbocycles. The molecule has 0 N–H and O–H groups in total. The standard InChI is InChI=1S/C20H22N2OS/c1-3-14-7-9-15(10-8-14)11-22-12-21-19-18(20(22)23)17-13(2)5-4-6-16(17)24-19/h7-10,12-13H,3-6,11H2,1-2H3. The van der Waals surface area contributed by atoms with Gasteiger partial charge in [-0.15, -0.1) is 11.3 Å². The fourth-order valence-electron chi connectivity index (χ4n) is 3.70. The Hall–Kier alpha value is -1.94. The second-order valence-corrected chi connectivity index (χ2v) is 7.84. The Bertz CT molecular complexity index is 937. The summed E-state index contributed by atoms with van der Waals surface area (Å²) in [5.41, 5.74) is 3.85. The lowest BCUT2D eigenvalue weighted by Gasteiger charge is -2.18. The van der Waals surface area contributed by atoms with Gasteiger partial charge in [-0.3, -0.25) is 9.36 Å². The fraction of sp³-hybridized carbons (Fsp3) is 0.400.